The van der Waals surface area contributed by atoms with Gasteiger partial charge in [-0.2, -0.15) is 0 Å². The fourth-order valence-electron chi connectivity index (χ4n) is 2.70. The first kappa shape index (κ1) is 45.1. The van der Waals surface area contributed by atoms with Crippen LogP contribution in [-0.4, -0.2) is 98.4 Å². The number of anilines is 2. The van der Waals surface area contributed by atoms with Crippen LogP contribution in [0.15, 0.2) is 12.1 Å². The molecule has 0 unspecified atom stereocenters. The second-order valence-electron chi connectivity index (χ2n) is 8.10. The van der Waals surface area contributed by atoms with Gasteiger partial charge in [0.1, 0.15) is 0 Å². The van der Waals surface area contributed by atoms with E-state index in [4.69, 9.17) is 50.8 Å². The van der Waals surface area contributed by atoms with Gasteiger partial charge in [-0.1, -0.05) is 0 Å². The molecule has 0 aliphatic heterocycles. The summed E-state index contributed by atoms with van der Waals surface area (Å²) in [5.41, 5.74) is 13.1. The zero-order chi connectivity index (χ0) is 33.7. The lowest BCUT2D eigenvalue weighted by Gasteiger charge is -2.07. The molecule has 0 aromatic heterocycles. The van der Waals surface area contributed by atoms with Crippen LogP contribution in [0.1, 0.15) is 33.6 Å². The number of aliphatic hydroxyl groups excluding tert-OH is 2. The topological polar surface area (TPSA) is 204 Å². The van der Waals surface area contributed by atoms with Gasteiger partial charge in [-0.25, -0.2) is 9.59 Å². The van der Waals surface area contributed by atoms with Crippen molar-refractivity contribution in [2.24, 2.45) is 0 Å². The average Bonchev–Trinajstić information content (AvgIpc) is 2.95. The van der Waals surface area contributed by atoms with Crippen molar-refractivity contribution in [2.75, 3.05) is 77.5 Å². The Morgan fingerprint density at radius 3 is 1.07 bits per heavy atom. The lowest BCUT2D eigenvalue weighted by atomic mass is 10.2. The number of hydrogen-bond donors (Lipinski definition) is 6. The number of aromatic carboxylic acids is 2. The quantitative estimate of drug-likeness (QED) is 0.0672. The van der Waals surface area contributed by atoms with Crippen molar-refractivity contribution in [3.8, 4) is 0 Å². The summed E-state index contributed by atoms with van der Waals surface area (Å²) in [6, 6.07) is 3.53. The Kier molecular flexibility index (Phi) is 27.7. The van der Waals surface area contributed by atoms with Gasteiger partial charge in [-0.15, -0.1) is 0 Å². The fourth-order valence-corrected chi connectivity index (χ4v) is 10.4. The number of carboxylic acid groups (broad SMARTS) is 2. The molecule has 12 nitrogen and oxygen atoms in total. The zero-order valence-electron chi connectivity index (χ0n) is 23.3. The number of hydrogen-bond acceptors (Lipinski definition) is 10. The molecule has 0 fully saturated rings. The van der Waals surface area contributed by atoms with E-state index in [2.05, 4.69) is 45.2 Å². The number of carboxylic acids is 2. The third kappa shape index (κ3) is 18.6. The van der Waals surface area contributed by atoms with E-state index in [-0.39, 0.29) is 13.2 Å². The molecule has 44 heavy (non-hydrogen) atoms. The molecule has 0 radical (unpaired) electrons. The second-order valence-corrected chi connectivity index (χ2v) is 14.9. The van der Waals surface area contributed by atoms with Gasteiger partial charge in [0.25, 0.3) is 0 Å². The second kappa shape index (κ2) is 27.0. The van der Waals surface area contributed by atoms with Gasteiger partial charge < -0.3 is 50.8 Å². The Labute approximate surface area is 338 Å². The number of rotatable bonds is 17. The molecule has 2 rings (SSSR count). The summed E-state index contributed by atoms with van der Waals surface area (Å²) >= 11 is 12.1. The molecular weight excluding hydrogens is 1260 g/mol. The molecule has 0 bridgehead atoms. The lowest BCUT2D eigenvalue weighted by molar-refractivity contribution is -0.00400. The highest BCUT2D eigenvalue weighted by Crippen LogP contribution is 2.30. The monoisotopic (exact) mass is 1300 g/mol. The molecule has 0 saturated carbocycles. The van der Waals surface area contributed by atoms with Crippen molar-refractivity contribution < 1.29 is 49.0 Å². The highest BCUT2D eigenvalue weighted by molar-refractivity contribution is 14.1. The minimum Gasteiger partial charge on any atom is -0.478 e. The molecular formula is C26H34I6N2O10. The Bertz CT molecular complexity index is 1090. The van der Waals surface area contributed by atoms with Crippen molar-refractivity contribution >= 4 is 159 Å². The first-order valence-corrected chi connectivity index (χ1v) is 19.1. The summed E-state index contributed by atoms with van der Waals surface area (Å²) in [4.78, 5) is 21.7. The van der Waals surface area contributed by atoms with Gasteiger partial charge in [0.05, 0.1) is 69.3 Å². The summed E-state index contributed by atoms with van der Waals surface area (Å²) in [6.45, 7) is 4.73. The molecule has 0 aliphatic carbocycles. The summed E-state index contributed by atoms with van der Waals surface area (Å²) in [7, 11) is 0. The Morgan fingerprint density at radius 1 is 0.545 bits per heavy atom. The minimum absolute atomic E-state index is 0.162. The standard InChI is InChI=1S/C12H26O6.2C7H4I3NO2/c13-3-1-5-15-7-9-17-11-12-18-10-8-16-6-2-4-14;2*8-2-1-3(9)6(11)5(10)4(2)7(12)13/h13-14H,1-12H2;2*1H,11H2,(H,12,13). The number of aliphatic hydroxyl groups is 2. The maximum Gasteiger partial charge on any atom is 0.337 e. The molecule has 8 N–H and O–H groups in total. The Hall–Kier alpha value is 1.12. The zero-order valence-corrected chi connectivity index (χ0v) is 36.2. The number of nitrogens with two attached hydrogens (primary N) is 2. The van der Waals surface area contributed by atoms with Crippen molar-refractivity contribution in [3.05, 3.63) is 44.7 Å². The van der Waals surface area contributed by atoms with Crippen molar-refractivity contribution in [1.29, 1.82) is 0 Å². The minimum atomic E-state index is -0.933. The van der Waals surface area contributed by atoms with Crippen molar-refractivity contribution in [1.82, 2.24) is 0 Å². The number of benzene rings is 2. The molecule has 2 aromatic rings. The van der Waals surface area contributed by atoms with E-state index in [9.17, 15) is 9.59 Å². The molecule has 0 saturated heterocycles. The fraction of sp³-hybridized carbons (Fsp3) is 0.462. The maximum atomic E-state index is 10.8. The molecule has 0 atom stereocenters. The normalized spacial score (nSPS) is 10.5. The number of ether oxygens (including phenoxy) is 4. The van der Waals surface area contributed by atoms with Crippen LogP contribution < -0.4 is 11.5 Å². The largest absolute Gasteiger partial charge is 0.478 e. The summed E-state index contributed by atoms with van der Waals surface area (Å²) in [5, 5.41) is 34.8. The van der Waals surface area contributed by atoms with Gasteiger partial charge in [0, 0.05) is 40.7 Å². The molecule has 0 heterocycles. The van der Waals surface area contributed by atoms with Crippen molar-refractivity contribution in [2.45, 2.75) is 12.8 Å². The summed E-state index contributed by atoms with van der Waals surface area (Å²) in [5.74, 6) is -1.87. The first-order valence-electron chi connectivity index (χ1n) is 12.7. The van der Waals surface area contributed by atoms with Crippen LogP contribution in [0.3, 0.4) is 0 Å². The van der Waals surface area contributed by atoms with Crippen LogP contribution in [0, 0.1) is 21.4 Å². The number of carbonyl (C=O) groups is 2. The third-order valence-electron chi connectivity index (χ3n) is 4.85. The van der Waals surface area contributed by atoms with E-state index in [1.807, 2.05) is 90.4 Å². The Morgan fingerprint density at radius 2 is 0.818 bits per heavy atom. The molecule has 250 valence electrons. The predicted molar refractivity (Wildman–Crippen MR) is 219 cm³/mol. The van der Waals surface area contributed by atoms with Gasteiger partial charge >= 0.3 is 11.9 Å². The third-order valence-corrected chi connectivity index (χ3v) is 10.6. The van der Waals surface area contributed by atoms with Gasteiger partial charge in [0.2, 0.25) is 0 Å². The van der Waals surface area contributed by atoms with E-state index >= 15 is 0 Å². The SMILES string of the molecule is Nc1c(I)cc(I)c(C(=O)O)c1I.Nc1c(I)cc(I)c(C(=O)O)c1I.OCCCOCCOCCOCCOCCCO. The molecule has 0 spiro atoms. The van der Waals surface area contributed by atoms with Crippen LogP contribution in [0.2, 0.25) is 0 Å². The average molecular weight is 1300 g/mol. The van der Waals surface area contributed by atoms with Crippen LogP contribution >= 0.6 is 136 Å². The summed E-state index contributed by atoms with van der Waals surface area (Å²) < 4.78 is 25.4. The van der Waals surface area contributed by atoms with E-state index in [1.165, 1.54) is 0 Å². The number of nitrogen functional groups attached to an aromatic ring is 2. The highest BCUT2D eigenvalue weighted by Gasteiger charge is 2.18. The molecule has 2 aromatic carbocycles. The molecule has 0 aliphatic rings. The van der Waals surface area contributed by atoms with Crippen molar-refractivity contribution in [3.63, 3.8) is 0 Å². The number of halogens is 6. The molecule has 0 amide bonds. The highest BCUT2D eigenvalue weighted by atomic mass is 127. The summed E-state index contributed by atoms with van der Waals surface area (Å²) in [6.07, 6.45) is 1.33. The van der Waals surface area contributed by atoms with Gasteiger partial charge in [0.15, 0.2) is 0 Å². The van der Waals surface area contributed by atoms with E-state index in [1.54, 1.807) is 12.1 Å². The van der Waals surface area contributed by atoms with E-state index in [0.29, 0.717) is 102 Å². The van der Waals surface area contributed by atoms with Crippen LogP contribution in [0.25, 0.3) is 0 Å². The van der Waals surface area contributed by atoms with Crippen LogP contribution in [0.5, 0.6) is 0 Å². The van der Waals surface area contributed by atoms with E-state index in [0.717, 1.165) is 7.14 Å². The van der Waals surface area contributed by atoms with Crippen LogP contribution in [-0.2, 0) is 18.9 Å². The van der Waals surface area contributed by atoms with E-state index < -0.39 is 11.9 Å². The maximum absolute atomic E-state index is 10.8. The Balaban J connectivity index is 0.000000642. The van der Waals surface area contributed by atoms with Gasteiger partial charge in [-0.3, -0.25) is 0 Å². The van der Waals surface area contributed by atoms with Gasteiger partial charge in [-0.05, 0) is 161 Å². The lowest BCUT2D eigenvalue weighted by Crippen LogP contribution is -2.12. The predicted octanol–water partition coefficient (Wildman–Crippen LogP) is 5.38. The van der Waals surface area contributed by atoms with Crippen LogP contribution in [0.4, 0.5) is 11.4 Å². The first-order chi connectivity index (χ1) is 20.8. The molecule has 18 heteroatoms. The smallest absolute Gasteiger partial charge is 0.337 e.